The number of aryl methyl sites for hydroxylation is 2. The lowest BCUT2D eigenvalue weighted by Gasteiger charge is -2.19. The number of nitrogens with zero attached hydrogens (tertiary/aromatic N) is 2. The molecule has 0 radical (unpaired) electrons. The second-order valence-corrected chi connectivity index (χ2v) is 8.83. The number of carbonyl (C=O) groups is 2. The van der Waals surface area contributed by atoms with Gasteiger partial charge in [0.1, 0.15) is 5.75 Å². The molecule has 1 aromatic heterocycles. The van der Waals surface area contributed by atoms with Crippen LogP contribution in [0.4, 0.5) is 5.69 Å². The number of nitrogens with one attached hydrogen (secondary N) is 1. The summed E-state index contributed by atoms with van der Waals surface area (Å²) in [5.41, 5.74) is 5.44. The van der Waals surface area contributed by atoms with Gasteiger partial charge in [-0.3, -0.25) is 9.59 Å². The third-order valence-corrected chi connectivity index (χ3v) is 6.50. The van der Waals surface area contributed by atoms with Gasteiger partial charge < -0.3 is 19.5 Å². The fraction of sp³-hybridized carbons (Fsp3) is 0.333. The van der Waals surface area contributed by atoms with Crippen LogP contribution < -0.4 is 10.1 Å². The maximum atomic E-state index is 13.1. The molecule has 0 saturated carbocycles. The molecule has 3 aromatic rings. The number of anilines is 1. The summed E-state index contributed by atoms with van der Waals surface area (Å²) in [5.74, 6) is 0.498. The smallest absolute Gasteiger partial charge is 0.263 e. The van der Waals surface area contributed by atoms with Crippen LogP contribution in [-0.2, 0) is 4.79 Å². The molecule has 2 aromatic carbocycles. The number of hydrogen-bond acceptors (Lipinski definition) is 3. The van der Waals surface area contributed by atoms with Crippen LogP contribution in [0.3, 0.4) is 0 Å². The first kappa shape index (κ1) is 22.6. The molecule has 0 unspecified atom stereocenters. The highest BCUT2D eigenvalue weighted by Gasteiger charge is 2.30. The first-order chi connectivity index (χ1) is 15.8. The van der Waals surface area contributed by atoms with E-state index >= 15 is 0 Å². The lowest BCUT2D eigenvalue weighted by molar-refractivity contribution is -0.132. The molecule has 1 N–H and O–H groups in total. The molecule has 1 aliphatic rings. The zero-order valence-electron chi connectivity index (χ0n) is 19.9. The Hall–Kier alpha value is -3.54. The van der Waals surface area contributed by atoms with E-state index in [0.717, 1.165) is 22.6 Å². The van der Waals surface area contributed by atoms with Crippen LogP contribution in [-0.4, -0.2) is 41.0 Å². The van der Waals surface area contributed by atoms with Crippen molar-refractivity contribution in [2.45, 2.75) is 46.3 Å². The maximum Gasteiger partial charge on any atom is 0.263 e. The Bertz CT molecular complexity index is 1180. The zero-order valence-corrected chi connectivity index (χ0v) is 19.9. The fourth-order valence-electron chi connectivity index (χ4n) is 4.59. The average molecular weight is 446 g/mol. The van der Waals surface area contributed by atoms with Crippen molar-refractivity contribution in [3.05, 3.63) is 82.7 Å². The highest BCUT2D eigenvalue weighted by Crippen LogP contribution is 2.28. The van der Waals surface area contributed by atoms with Crippen molar-refractivity contribution in [1.29, 1.82) is 0 Å². The van der Waals surface area contributed by atoms with Crippen molar-refractivity contribution in [2.75, 3.05) is 18.9 Å². The van der Waals surface area contributed by atoms with Crippen LogP contribution in [0.5, 0.6) is 5.75 Å². The van der Waals surface area contributed by atoms with Crippen LogP contribution in [0.15, 0.2) is 54.6 Å². The van der Waals surface area contributed by atoms with Gasteiger partial charge in [-0.25, -0.2) is 0 Å². The van der Waals surface area contributed by atoms with Gasteiger partial charge in [0.15, 0.2) is 6.10 Å². The molecule has 6 heteroatoms. The number of ether oxygens (including phenoxy) is 1. The summed E-state index contributed by atoms with van der Waals surface area (Å²) in [5, 5.41) is 3.04. The van der Waals surface area contributed by atoms with Crippen LogP contribution >= 0.6 is 0 Å². The minimum absolute atomic E-state index is 0.00474. The molecule has 172 valence electrons. The number of aromatic nitrogens is 1. The number of benzene rings is 2. The number of likely N-dealkylation sites (tertiary alicyclic amines) is 1. The molecule has 2 atom stereocenters. The van der Waals surface area contributed by atoms with Crippen molar-refractivity contribution in [3.63, 3.8) is 0 Å². The van der Waals surface area contributed by atoms with E-state index in [-0.39, 0.29) is 17.9 Å². The van der Waals surface area contributed by atoms with Crippen molar-refractivity contribution in [2.24, 2.45) is 0 Å². The van der Waals surface area contributed by atoms with Crippen LogP contribution in [0.1, 0.15) is 52.3 Å². The fourth-order valence-corrected chi connectivity index (χ4v) is 4.59. The van der Waals surface area contributed by atoms with E-state index in [1.54, 1.807) is 18.0 Å². The Balaban J connectivity index is 1.50. The minimum Gasteiger partial charge on any atom is -0.481 e. The molecular weight excluding hydrogens is 414 g/mol. The van der Waals surface area contributed by atoms with Gasteiger partial charge in [-0.1, -0.05) is 30.3 Å². The zero-order chi connectivity index (χ0) is 23.7. The molecule has 0 spiro atoms. The van der Waals surface area contributed by atoms with E-state index in [1.807, 2.05) is 57.2 Å². The number of likely N-dealkylation sites (N-methyl/N-ethyl adjacent to an activating group) is 1. The highest BCUT2D eigenvalue weighted by molar-refractivity contribution is 6.05. The molecular formula is C27H31N3O3. The van der Waals surface area contributed by atoms with Gasteiger partial charge in [0.25, 0.3) is 11.8 Å². The molecule has 4 rings (SSSR count). The topological polar surface area (TPSA) is 63.6 Å². The van der Waals surface area contributed by atoms with Gasteiger partial charge in [-0.15, -0.1) is 0 Å². The number of amides is 2. The summed E-state index contributed by atoms with van der Waals surface area (Å²) in [6.07, 6.45) is 0.246. The van der Waals surface area contributed by atoms with E-state index < -0.39 is 6.10 Å². The summed E-state index contributed by atoms with van der Waals surface area (Å²) in [7, 11) is 1.78. The van der Waals surface area contributed by atoms with E-state index in [1.165, 1.54) is 5.56 Å². The highest BCUT2D eigenvalue weighted by atomic mass is 16.5. The standard InChI is InChI=1S/C27H31N3O3/c1-17-15-22(33-25-13-14-29(5)27(25)32)11-12-24(17)28-26(31)23-16-18(2)30(20(23)4)19(3)21-9-7-6-8-10-21/h6-12,15-16,19,25H,13-14H2,1-5H3,(H,28,31)/t19-,25-/m1/s1. The van der Waals surface area contributed by atoms with Gasteiger partial charge in [0.05, 0.1) is 11.6 Å². The minimum atomic E-state index is -0.438. The second-order valence-electron chi connectivity index (χ2n) is 8.83. The van der Waals surface area contributed by atoms with Crippen LogP contribution in [0.25, 0.3) is 0 Å². The first-order valence-corrected chi connectivity index (χ1v) is 11.3. The molecule has 1 aliphatic heterocycles. The lowest BCUT2D eigenvalue weighted by atomic mass is 10.1. The number of hydrogen-bond donors (Lipinski definition) is 1. The summed E-state index contributed by atoms with van der Waals surface area (Å²) in [4.78, 5) is 26.9. The van der Waals surface area contributed by atoms with E-state index in [2.05, 4.69) is 28.9 Å². The number of carbonyl (C=O) groups excluding carboxylic acids is 2. The van der Waals surface area contributed by atoms with Crippen molar-refractivity contribution < 1.29 is 14.3 Å². The molecule has 2 amide bonds. The van der Waals surface area contributed by atoms with Crippen LogP contribution in [0, 0.1) is 20.8 Å². The monoisotopic (exact) mass is 445 g/mol. The van der Waals surface area contributed by atoms with Gasteiger partial charge in [0, 0.05) is 37.1 Å². The van der Waals surface area contributed by atoms with Crippen molar-refractivity contribution in [1.82, 2.24) is 9.47 Å². The molecule has 0 aliphatic carbocycles. The van der Waals surface area contributed by atoms with Gasteiger partial charge in [-0.2, -0.15) is 0 Å². The summed E-state index contributed by atoms with van der Waals surface area (Å²) in [6, 6.07) is 17.8. The van der Waals surface area contributed by atoms with Crippen molar-refractivity contribution in [3.8, 4) is 5.75 Å². The molecule has 33 heavy (non-hydrogen) atoms. The summed E-state index contributed by atoms with van der Waals surface area (Å²) < 4.78 is 8.08. The predicted octanol–water partition coefficient (Wildman–Crippen LogP) is 4.88. The quantitative estimate of drug-likeness (QED) is 0.588. The van der Waals surface area contributed by atoms with Crippen molar-refractivity contribution >= 4 is 17.5 Å². The number of rotatable bonds is 6. The van der Waals surface area contributed by atoms with Gasteiger partial charge >= 0.3 is 0 Å². The molecule has 1 fully saturated rings. The third-order valence-electron chi connectivity index (χ3n) is 6.50. The molecule has 1 saturated heterocycles. The lowest BCUT2D eigenvalue weighted by Crippen LogP contribution is -2.29. The third kappa shape index (κ3) is 4.51. The summed E-state index contributed by atoms with van der Waals surface area (Å²) in [6.45, 7) is 8.79. The van der Waals surface area contributed by atoms with E-state index in [4.69, 9.17) is 4.74 Å². The SMILES string of the molecule is Cc1cc(O[C@@H]2CCN(C)C2=O)ccc1NC(=O)c1cc(C)n([C@H](C)c2ccccc2)c1C. The molecule has 2 heterocycles. The molecule has 6 nitrogen and oxygen atoms in total. The predicted molar refractivity (Wildman–Crippen MR) is 130 cm³/mol. The maximum absolute atomic E-state index is 13.1. The van der Waals surface area contributed by atoms with Gasteiger partial charge in [-0.05, 0) is 63.1 Å². The van der Waals surface area contributed by atoms with E-state index in [9.17, 15) is 9.59 Å². The normalized spacial score (nSPS) is 16.7. The Morgan fingerprint density at radius 1 is 1.09 bits per heavy atom. The Labute approximate surface area is 195 Å². The second kappa shape index (κ2) is 9.14. The summed E-state index contributed by atoms with van der Waals surface area (Å²) >= 11 is 0. The Morgan fingerprint density at radius 2 is 1.82 bits per heavy atom. The Morgan fingerprint density at radius 3 is 2.45 bits per heavy atom. The van der Waals surface area contributed by atoms with E-state index in [0.29, 0.717) is 24.3 Å². The molecule has 0 bridgehead atoms. The average Bonchev–Trinajstić information content (AvgIpc) is 3.28. The first-order valence-electron chi connectivity index (χ1n) is 11.3. The van der Waals surface area contributed by atoms with Gasteiger partial charge in [0.2, 0.25) is 0 Å². The Kier molecular flexibility index (Phi) is 6.27. The van der Waals surface area contributed by atoms with Crippen LogP contribution in [0.2, 0.25) is 0 Å². The largest absolute Gasteiger partial charge is 0.481 e.